The van der Waals surface area contributed by atoms with Gasteiger partial charge in [-0.15, -0.1) is 0 Å². The fraction of sp³-hybridized carbons (Fsp3) is 0.650. The highest BCUT2D eigenvalue weighted by Crippen LogP contribution is 2.26. The van der Waals surface area contributed by atoms with E-state index in [1.54, 1.807) is 9.21 Å². The van der Waals surface area contributed by atoms with Crippen molar-refractivity contribution in [1.82, 2.24) is 14.1 Å². The van der Waals surface area contributed by atoms with Crippen molar-refractivity contribution < 1.29 is 13.2 Å². The van der Waals surface area contributed by atoms with Gasteiger partial charge in [0.1, 0.15) is 0 Å². The minimum atomic E-state index is -3.61. The van der Waals surface area contributed by atoms with Crippen LogP contribution in [0.2, 0.25) is 5.02 Å². The molecule has 0 spiro atoms. The van der Waals surface area contributed by atoms with E-state index < -0.39 is 10.0 Å². The van der Waals surface area contributed by atoms with E-state index in [2.05, 4.69) is 11.8 Å². The summed E-state index contributed by atoms with van der Waals surface area (Å²) in [6.45, 7) is 7.20. The van der Waals surface area contributed by atoms with E-state index in [0.29, 0.717) is 31.2 Å². The molecule has 6 nitrogen and oxygen atoms in total. The van der Waals surface area contributed by atoms with Gasteiger partial charge in [0.15, 0.2) is 0 Å². The maximum atomic E-state index is 13.1. The van der Waals surface area contributed by atoms with Crippen LogP contribution in [0.1, 0.15) is 49.4 Å². The molecular formula is C20H30ClN3O3S. The first-order valence-corrected chi connectivity index (χ1v) is 12.1. The highest BCUT2D eigenvalue weighted by Gasteiger charge is 2.28. The lowest BCUT2D eigenvalue weighted by molar-refractivity contribution is 0.0637. The minimum absolute atomic E-state index is 0.159. The molecule has 0 saturated carbocycles. The van der Waals surface area contributed by atoms with Crippen molar-refractivity contribution in [2.75, 3.05) is 45.8 Å². The molecule has 28 heavy (non-hydrogen) atoms. The van der Waals surface area contributed by atoms with Crippen molar-refractivity contribution in [2.45, 2.75) is 43.9 Å². The quantitative estimate of drug-likeness (QED) is 0.724. The number of nitrogens with zero attached hydrogens (tertiary/aromatic N) is 3. The zero-order valence-corrected chi connectivity index (χ0v) is 18.1. The second kappa shape index (κ2) is 9.57. The molecule has 2 aliphatic rings. The Kier molecular flexibility index (Phi) is 7.36. The molecular weight excluding hydrogens is 398 g/mol. The number of sulfonamides is 1. The number of piperazine rings is 1. The predicted molar refractivity (Wildman–Crippen MR) is 111 cm³/mol. The van der Waals surface area contributed by atoms with Gasteiger partial charge >= 0.3 is 0 Å². The van der Waals surface area contributed by atoms with Gasteiger partial charge in [0.05, 0.1) is 15.5 Å². The molecule has 0 aromatic heterocycles. The third-order valence-electron chi connectivity index (χ3n) is 5.57. The van der Waals surface area contributed by atoms with Crippen molar-refractivity contribution in [3.8, 4) is 0 Å². The van der Waals surface area contributed by atoms with Crippen LogP contribution in [0.4, 0.5) is 0 Å². The molecule has 3 rings (SSSR count). The summed E-state index contributed by atoms with van der Waals surface area (Å²) in [5, 5.41) is 0.302. The second-order valence-electron chi connectivity index (χ2n) is 7.59. The summed E-state index contributed by atoms with van der Waals surface area (Å²) in [6, 6.07) is 4.51. The summed E-state index contributed by atoms with van der Waals surface area (Å²) in [5.74, 6) is -0.186. The van der Waals surface area contributed by atoms with Crippen LogP contribution in [0.15, 0.2) is 23.1 Å². The fourth-order valence-corrected chi connectivity index (χ4v) is 5.66. The highest BCUT2D eigenvalue weighted by atomic mass is 35.5. The average Bonchev–Trinajstić information content (AvgIpc) is 2.99. The van der Waals surface area contributed by atoms with Crippen LogP contribution in [0, 0.1) is 0 Å². The summed E-state index contributed by atoms with van der Waals surface area (Å²) in [4.78, 5) is 17.3. The van der Waals surface area contributed by atoms with E-state index in [1.165, 1.54) is 18.2 Å². The summed E-state index contributed by atoms with van der Waals surface area (Å²) in [7, 11) is -3.61. The number of benzene rings is 1. The van der Waals surface area contributed by atoms with Crippen molar-refractivity contribution in [2.24, 2.45) is 0 Å². The Balaban J connectivity index is 1.78. The number of carbonyl (C=O) groups excluding carboxylic acids is 1. The van der Waals surface area contributed by atoms with Gasteiger partial charge in [-0.3, -0.25) is 9.69 Å². The van der Waals surface area contributed by atoms with Crippen molar-refractivity contribution in [1.29, 1.82) is 0 Å². The molecule has 0 aliphatic carbocycles. The fourth-order valence-electron chi connectivity index (χ4n) is 3.92. The third kappa shape index (κ3) is 4.87. The van der Waals surface area contributed by atoms with Gasteiger partial charge in [-0.05, 0) is 44.0 Å². The molecule has 1 aromatic rings. The van der Waals surface area contributed by atoms with E-state index >= 15 is 0 Å². The molecule has 2 fully saturated rings. The first kappa shape index (κ1) is 21.6. The van der Waals surface area contributed by atoms with E-state index in [-0.39, 0.29) is 16.4 Å². The van der Waals surface area contributed by atoms with Crippen molar-refractivity contribution in [3.63, 3.8) is 0 Å². The van der Waals surface area contributed by atoms with E-state index in [0.717, 1.165) is 51.7 Å². The maximum absolute atomic E-state index is 13.1. The number of rotatable bonds is 5. The molecule has 1 aromatic carbocycles. The molecule has 156 valence electrons. The second-order valence-corrected chi connectivity index (χ2v) is 9.94. The topological polar surface area (TPSA) is 60.9 Å². The lowest BCUT2D eigenvalue weighted by Crippen LogP contribution is -2.48. The molecule has 2 heterocycles. The maximum Gasteiger partial charge on any atom is 0.255 e. The summed E-state index contributed by atoms with van der Waals surface area (Å²) >= 11 is 6.28. The smallest absolute Gasteiger partial charge is 0.255 e. The number of hydrogen-bond donors (Lipinski definition) is 0. The minimum Gasteiger partial charge on any atom is -0.336 e. The molecule has 0 unspecified atom stereocenters. The summed E-state index contributed by atoms with van der Waals surface area (Å²) in [5.41, 5.74) is 0.279. The van der Waals surface area contributed by atoms with Gasteiger partial charge in [0, 0.05) is 39.3 Å². The number of hydrogen-bond acceptors (Lipinski definition) is 4. The van der Waals surface area contributed by atoms with Crippen LogP contribution in [0.3, 0.4) is 0 Å². The first-order valence-electron chi connectivity index (χ1n) is 10.2. The summed E-state index contributed by atoms with van der Waals surface area (Å²) in [6.07, 6.45) is 4.96. The molecule has 0 atom stereocenters. The monoisotopic (exact) mass is 427 g/mol. The molecule has 0 bridgehead atoms. The summed E-state index contributed by atoms with van der Waals surface area (Å²) < 4.78 is 27.7. The average molecular weight is 428 g/mol. The van der Waals surface area contributed by atoms with Gasteiger partial charge < -0.3 is 4.90 Å². The van der Waals surface area contributed by atoms with Crippen LogP contribution >= 0.6 is 11.6 Å². The Bertz CT molecular complexity index is 784. The third-order valence-corrected chi connectivity index (χ3v) is 7.79. The Labute approximate surface area is 173 Å². The SMILES string of the molecule is CCCN1CCN(C(=O)c2cc(S(=O)(=O)N3CCCCCC3)ccc2Cl)CC1. The standard InChI is InChI=1S/C20H30ClN3O3S/c1-2-9-22-12-14-23(15-13-22)20(25)18-16-17(7-8-19(18)21)28(26,27)24-10-5-3-4-6-11-24/h7-8,16H,2-6,9-15H2,1H3. The van der Waals surface area contributed by atoms with Gasteiger partial charge in [-0.25, -0.2) is 8.42 Å². The van der Waals surface area contributed by atoms with Crippen molar-refractivity contribution >= 4 is 27.5 Å². The van der Waals surface area contributed by atoms with E-state index in [9.17, 15) is 13.2 Å². The molecule has 0 N–H and O–H groups in total. The van der Waals surface area contributed by atoms with Gasteiger partial charge in [0.2, 0.25) is 10.0 Å². The van der Waals surface area contributed by atoms with E-state index in [1.807, 2.05) is 0 Å². The Morgan fingerprint density at radius 1 is 1.00 bits per heavy atom. The normalized spacial score (nSPS) is 20.1. The molecule has 8 heteroatoms. The molecule has 0 radical (unpaired) electrons. The molecule has 1 amide bonds. The van der Waals surface area contributed by atoms with Crippen LogP contribution in [0.5, 0.6) is 0 Å². The van der Waals surface area contributed by atoms with Gasteiger partial charge in [0.25, 0.3) is 5.91 Å². The lowest BCUT2D eigenvalue weighted by atomic mass is 10.1. The first-order chi connectivity index (χ1) is 13.4. The Hall–Kier alpha value is -1.15. The largest absolute Gasteiger partial charge is 0.336 e. The highest BCUT2D eigenvalue weighted by molar-refractivity contribution is 7.89. The Morgan fingerprint density at radius 3 is 2.25 bits per heavy atom. The van der Waals surface area contributed by atoms with Crippen LogP contribution < -0.4 is 0 Å². The predicted octanol–water partition coefficient (Wildman–Crippen LogP) is 3.07. The number of carbonyl (C=O) groups is 1. The number of halogens is 1. The van der Waals surface area contributed by atoms with Gasteiger partial charge in [-0.1, -0.05) is 31.4 Å². The lowest BCUT2D eigenvalue weighted by Gasteiger charge is -2.34. The van der Waals surface area contributed by atoms with Crippen LogP contribution in [0.25, 0.3) is 0 Å². The van der Waals surface area contributed by atoms with Gasteiger partial charge in [-0.2, -0.15) is 4.31 Å². The van der Waals surface area contributed by atoms with Crippen molar-refractivity contribution in [3.05, 3.63) is 28.8 Å². The molecule has 2 saturated heterocycles. The van der Waals surface area contributed by atoms with Crippen LogP contribution in [-0.4, -0.2) is 74.2 Å². The zero-order chi connectivity index (χ0) is 20.1. The van der Waals surface area contributed by atoms with E-state index in [4.69, 9.17) is 11.6 Å². The number of amides is 1. The van der Waals surface area contributed by atoms with Crippen LogP contribution in [-0.2, 0) is 10.0 Å². The Morgan fingerprint density at radius 2 is 1.64 bits per heavy atom. The zero-order valence-electron chi connectivity index (χ0n) is 16.6. The molecule has 2 aliphatic heterocycles.